The molecule has 1 aromatic carbocycles. The molecule has 1 aromatic rings. The van der Waals surface area contributed by atoms with Gasteiger partial charge in [-0.3, -0.25) is 4.79 Å². The van der Waals surface area contributed by atoms with Gasteiger partial charge in [0.05, 0.1) is 11.4 Å². The van der Waals surface area contributed by atoms with Gasteiger partial charge in [0, 0.05) is 22.7 Å². The topological polar surface area (TPSA) is 46.3 Å². The van der Waals surface area contributed by atoms with Crippen LogP contribution in [-0.4, -0.2) is 17.7 Å². The van der Waals surface area contributed by atoms with Crippen LogP contribution in [0.25, 0.3) is 0 Å². The summed E-state index contributed by atoms with van der Waals surface area (Å²) in [6.07, 6.45) is 0.480. The van der Waals surface area contributed by atoms with Crippen LogP contribution in [-0.2, 0) is 4.79 Å². The van der Waals surface area contributed by atoms with Crippen molar-refractivity contribution in [2.75, 3.05) is 17.2 Å². The van der Waals surface area contributed by atoms with E-state index in [9.17, 15) is 4.79 Å². The normalized spacial score (nSPS) is 20.6. The zero-order valence-corrected chi connectivity index (χ0v) is 11.4. The minimum Gasteiger partial charge on any atom is -0.397 e. The van der Waals surface area contributed by atoms with Crippen LogP contribution in [0.15, 0.2) is 16.6 Å². The number of nitrogen functional groups attached to an aromatic ring is 1. The van der Waals surface area contributed by atoms with Crippen molar-refractivity contribution in [3.63, 3.8) is 0 Å². The molecule has 0 radical (unpaired) electrons. The largest absolute Gasteiger partial charge is 0.397 e. The van der Waals surface area contributed by atoms with Gasteiger partial charge in [-0.1, -0.05) is 15.9 Å². The van der Waals surface area contributed by atoms with Crippen molar-refractivity contribution in [2.45, 2.75) is 18.6 Å². The zero-order chi connectivity index (χ0) is 11.9. The Kier molecular flexibility index (Phi) is 3.17. The van der Waals surface area contributed by atoms with E-state index in [0.717, 1.165) is 15.7 Å². The number of hydrogen-bond acceptors (Lipinski definition) is 3. The molecular weight excluding hydrogens is 288 g/mol. The fourth-order valence-electron chi connectivity index (χ4n) is 1.88. The number of nitrogens with zero attached hydrogens (tertiary/aromatic N) is 1. The number of hydrogen-bond donors (Lipinski definition) is 2. The Morgan fingerprint density at radius 2 is 2.25 bits per heavy atom. The highest BCUT2D eigenvalue weighted by atomic mass is 79.9. The number of rotatable bonds is 1. The molecule has 0 aliphatic carbocycles. The molecular formula is C11H13BrN2OS. The van der Waals surface area contributed by atoms with E-state index in [1.54, 1.807) is 4.90 Å². The molecule has 1 saturated heterocycles. The van der Waals surface area contributed by atoms with Gasteiger partial charge < -0.3 is 10.6 Å². The van der Waals surface area contributed by atoms with Crippen LogP contribution in [0.4, 0.5) is 11.4 Å². The number of carbonyl (C=O) groups is 1. The number of benzene rings is 1. The maximum atomic E-state index is 11.8. The van der Waals surface area contributed by atoms with Crippen LogP contribution < -0.4 is 10.6 Å². The second kappa shape index (κ2) is 4.30. The standard InChI is InChI=1S/C11H13BrN2OS/c1-6-2-7(12)3-9(11(6)13)14-5-8(16)4-10(14)15/h2-3,8,16H,4-5,13H2,1H3. The molecule has 16 heavy (non-hydrogen) atoms. The van der Waals surface area contributed by atoms with Crippen molar-refractivity contribution < 1.29 is 4.79 Å². The molecule has 1 aliphatic rings. The van der Waals surface area contributed by atoms with E-state index in [1.807, 2.05) is 19.1 Å². The van der Waals surface area contributed by atoms with Crippen LogP contribution in [0.3, 0.4) is 0 Å². The maximum absolute atomic E-state index is 11.8. The minimum absolute atomic E-state index is 0.0872. The maximum Gasteiger partial charge on any atom is 0.228 e. The van der Waals surface area contributed by atoms with Gasteiger partial charge in [-0.15, -0.1) is 0 Å². The third kappa shape index (κ3) is 2.06. The summed E-state index contributed by atoms with van der Waals surface area (Å²) in [6, 6.07) is 3.82. The van der Waals surface area contributed by atoms with E-state index < -0.39 is 0 Å². The lowest BCUT2D eigenvalue weighted by Gasteiger charge is -2.20. The molecule has 1 aliphatic heterocycles. The predicted molar refractivity (Wildman–Crippen MR) is 73.0 cm³/mol. The summed E-state index contributed by atoms with van der Waals surface area (Å²) < 4.78 is 0.935. The molecule has 1 unspecified atom stereocenters. The highest BCUT2D eigenvalue weighted by Gasteiger charge is 2.29. The van der Waals surface area contributed by atoms with E-state index in [4.69, 9.17) is 5.73 Å². The molecule has 1 amide bonds. The van der Waals surface area contributed by atoms with Gasteiger partial charge in [0.1, 0.15) is 0 Å². The van der Waals surface area contributed by atoms with Crippen LogP contribution in [0.2, 0.25) is 0 Å². The average molecular weight is 301 g/mol. The monoisotopic (exact) mass is 300 g/mol. The van der Waals surface area contributed by atoms with Gasteiger partial charge in [-0.25, -0.2) is 0 Å². The molecule has 1 atom stereocenters. The van der Waals surface area contributed by atoms with Crippen LogP contribution in [0.1, 0.15) is 12.0 Å². The number of aryl methyl sites for hydroxylation is 1. The van der Waals surface area contributed by atoms with E-state index >= 15 is 0 Å². The number of amides is 1. The summed E-state index contributed by atoms with van der Waals surface area (Å²) >= 11 is 7.75. The first-order valence-corrected chi connectivity index (χ1v) is 6.34. The molecule has 3 nitrogen and oxygen atoms in total. The third-order valence-electron chi connectivity index (χ3n) is 2.73. The van der Waals surface area contributed by atoms with Crippen LogP contribution >= 0.6 is 28.6 Å². The van der Waals surface area contributed by atoms with E-state index in [-0.39, 0.29) is 11.2 Å². The van der Waals surface area contributed by atoms with Crippen molar-refractivity contribution in [1.29, 1.82) is 0 Å². The second-order valence-corrected chi connectivity index (χ2v) is 5.66. The summed E-state index contributed by atoms with van der Waals surface area (Å²) in [5.74, 6) is 0.0872. The first kappa shape index (κ1) is 11.8. The smallest absolute Gasteiger partial charge is 0.228 e. The molecule has 0 bridgehead atoms. The first-order chi connectivity index (χ1) is 7.49. The van der Waals surface area contributed by atoms with Gasteiger partial charge in [-0.05, 0) is 24.6 Å². The average Bonchev–Trinajstić information content (AvgIpc) is 2.51. The fraction of sp³-hybridized carbons (Fsp3) is 0.364. The van der Waals surface area contributed by atoms with Gasteiger partial charge >= 0.3 is 0 Å². The van der Waals surface area contributed by atoms with Gasteiger partial charge in [0.25, 0.3) is 0 Å². The van der Waals surface area contributed by atoms with E-state index in [2.05, 4.69) is 28.6 Å². The Labute approximate surface area is 109 Å². The summed E-state index contributed by atoms with van der Waals surface area (Å²) in [4.78, 5) is 13.5. The second-order valence-electron chi connectivity index (χ2n) is 4.02. The lowest BCUT2D eigenvalue weighted by Crippen LogP contribution is -2.25. The molecule has 5 heteroatoms. The number of nitrogens with two attached hydrogens (primary N) is 1. The number of anilines is 2. The van der Waals surface area contributed by atoms with Crippen LogP contribution in [0.5, 0.6) is 0 Å². The Bertz CT molecular complexity index is 450. The van der Waals surface area contributed by atoms with Crippen molar-refractivity contribution in [1.82, 2.24) is 0 Å². The van der Waals surface area contributed by atoms with Crippen molar-refractivity contribution in [2.24, 2.45) is 0 Å². The summed E-state index contributed by atoms with van der Waals surface area (Å²) in [5.41, 5.74) is 8.42. The molecule has 2 rings (SSSR count). The zero-order valence-electron chi connectivity index (χ0n) is 8.90. The molecule has 1 heterocycles. The molecule has 1 fully saturated rings. The van der Waals surface area contributed by atoms with Crippen LogP contribution in [0, 0.1) is 6.92 Å². The Balaban J connectivity index is 2.44. The summed E-state index contributed by atoms with van der Waals surface area (Å²) in [5, 5.41) is 0.103. The highest BCUT2D eigenvalue weighted by molar-refractivity contribution is 9.10. The highest BCUT2D eigenvalue weighted by Crippen LogP contribution is 2.33. The molecule has 0 aromatic heterocycles. The predicted octanol–water partition coefficient (Wildman–Crippen LogP) is 2.37. The fourth-order valence-corrected chi connectivity index (χ4v) is 2.76. The lowest BCUT2D eigenvalue weighted by molar-refractivity contribution is -0.117. The van der Waals surface area contributed by atoms with Crippen molar-refractivity contribution >= 4 is 45.8 Å². The number of halogens is 1. The quantitative estimate of drug-likeness (QED) is 0.618. The lowest BCUT2D eigenvalue weighted by atomic mass is 10.1. The van der Waals surface area contributed by atoms with Crippen molar-refractivity contribution in [3.05, 3.63) is 22.2 Å². The minimum atomic E-state index is 0.0872. The van der Waals surface area contributed by atoms with Crippen molar-refractivity contribution in [3.8, 4) is 0 Å². The third-order valence-corrected chi connectivity index (χ3v) is 3.53. The molecule has 86 valence electrons. The Morgan fingerprint density at radius 3 is 2.81 bits per heavy atom. The molecule has 0 spiro atoms. The molecule has 2 N–H and O–H groups in total. The van der Waals surface area contributed by atoms with E-state index in [1.165, 1.54) is 0 Å². The van der Waals surface area contributed by atoms with E-state index in [0.29, 0.717) is 18.7 Å². The summed E-state index contributed by atoms with van der Waals surface area (Å²) in [7, 11) is 0. The SMILES string of the molecule is Cc1cc(Br)cc(N2CC(S)CC2=O)c1N. The van der Waals surface area contributed by atoms with Gasteiger partial charge in [0.15, 0.2) is 0 Å². The first-order valence-electron chi connectivity index (χ1n) is 5.03. The Hall–Kier alpha value is -0.680. The number of thiol groups is 1. The Morgan fingerprint density at radius 1 is 1.56 bits per heavy atom. The van der Waals surface area contributed by atoms with Gasteiger partial charge in [0.2, 0.25) is 5.91 Å². The summed E-state index contributed by atoms with van der Waals surface area (Å²) in [6.45, 7) is 2.56. The number of carbonyl (C=O) groups excluding carboxylic acids is 1. The molecule has 0 saturated carbocycles. The van der Waals surface area contributed by atoms with Gasteiger partial charge in [-0.2, -0.15) is 12.6 Å².